The van der Waals surface area contributed by atoms with Crippen LogP contribution in [0, 0.1) is 5.82 Å². The highest BCUT2D eigenvalue weighted by Crippen LogP contribution is 2.49. The van der Waals surface area contributed by atoms with Gasteiger partial charge in [0.15, 0.2) is 0 Å². The van der Waals surface area contributed by atoms with Gasteiger partial charge in [-0.15, -0.1) is 0 Å². The van der Waals surface area contributed by atoms with Gasteiger partial charge in [-0.3, -0.25) is 4.79 Å². The van der Waals surface area contributed by atoms with Crippen molar-refractivity contribution in [2.24, 2.45) is 0 Å². The smallest absolute Gasteiger partial charge is 0.233 e. The molecule has 0 atom stereocenters. The summed E-state index contributed by atoms with van der Waals surface area (Å²) in [6.45, 7) is 0.408. The molecule has 0 bridgehead atoms. The lowest BCUT2D eigenvalue weighted by molar-refractivity contribution is -0.133. The fourth-order valence-electron chi connectivity index (χ4n) is 3.08. The van der Waals surface area contributed by atoms with Crippen LogP contribution in [0.1, 0.15) is 24.0 Å². The quantitative estimate of drug-likeness (QED) is 0.812. The van der Waals surface area contributed by atoms with Crippen LogP contribution in [-0.4, -0.2) is 25.0 Å². The van der Waals surface area contributed by atoms with E-state index in [1.54, 1.807) is 43.3 Å². The molecule has 0 radical (unpaired) electrons. The van der Waals surface area contributed by atoms with Crippen LogP contribution in [0.4, 0.5) is 4.39 Å². The highest BCUT2D eigenvalue weighted by molar-refractivity contribution is 6.30. The largest absolute Gasteiger partial charge is 0.496 e. The first-order valence-electron chi connectivity index (χ1n) is 7.80. The van der Waals surface area contributed by atoms with E-state index in [0.29, 0.717) is 17.3 Å². The minimum Gasteiger partial charge on any atom is -0.496 e. The Balaban J connectivity index is 1.80. The fourth-order valence-corrected chi connectivity index (χ4v) is 3.28. The maximum Gasteiger partial charge on any atom is 0.233 e. The molecule has 0 aromatic heterocycles. The van der Waals surface area contributed by atoms with E-state index in [-0.39, 0.29) is 11.7 Å². The SMILES string of the molecule is COc1ccc(Cl)cc1CN(C)C(=O)C1(c2ccc(F)cc2)CC1. The first-order chi connectivity index (χ1) is 11.5. The van der Waals surface area contributed by atoms with E-state index in [4.69, 9.17) is 16.3 Å². The minimum atomic E-state index is -0.520. The molecule has 1 aliphatic rings. The third kappa shape index (κ3) is 3.11. The Morgan fingerprint density at radius 1 is 1.25 bits per heavy atom. The van der Waals surface area contributed by atoms with Gasteiger partial charge in [-0.2, -0.15) is 0 Å². The van der Waals surface area contributed by atoms with Gasteiger partial charge in [0.05, 0.1) is 12.5 Å². The average molecular weight is 348 g/mol. The summed E-state index contributed by atoms with van der Waals surface area (Å²) >= 11 is 6.06. The van der Waals surface area contributed by atoms with Crippen LogP contribution < -0.4 is 4.74 Å². The van der Waals surface area contributed by atoms with Crippen LogP contribution >= 0.6 is 11.6 Å². The maximum atomic E-state index is 13.1. The number of halogens is 2. The summed E-state index contributed by atoms with van der Waals surface area (Å²) in [4.78, 5) is 14.6. The van der Waals surface area contributed by atoms with Crippen LogP contribution in [-0.2, 0) is 16.8 Å². The molecule has 1 aliphatic carbocycles. The van der Waals surface area contributed by atoms with Gasteiger partial charge < -0.3 is 9.64 Å². The molecule has 1 fully saturated rings. The zero-order valence-corrected chi connectivity index (χ0v) is 14.4. The van der Waals surface area contributed by atoms with E-state index in [1.165, 1.54) is 12.1 Å². The molecule has 0 unspecified atom stereocenters. The van der Waals surface area contributed by atoms with Gasteiger partial charge in [0.1, 0.15) is 11.6 Å². The molecular weight excluding hydrogens is 329 g/mol. The monoisotopic (exact) mass is 347 g/mol. The molecule has 0 saturated heterocycles. The maximum absolute atomic E-state index is 13.1. The Morgan fingerprint density at radius 3 is 2.50 bits per heavy atom. The van der Waals surface area contributed by atoms with Crippen molar-refractivity contribution in [1.82, 2.24) is 4.90 Å². The Hall–Kier alpha value is -2.07. The minimum absolute atomic E-state index is 0.0381. The molecule has 0 heterocycles. The van der Waals surface area contributed by atoms with Crippen LogP contribution in [0.3, 0.4) is 0 Å². The molecule has 5 heteroatoms. The highest BCUT2D eigenvalue weighted by atomic mass is 35.5. The Morgan fingerprint density at radius 2 is 1.92 bits per heavy atom. The first-order valence-corrected chi connectivity index (χ1v) is 8.18. The molecule has 126 valence electrons. The molecule has 2 aromatic carbocycles. The van der Waals surface area contributed by atoms with E-state index < -0.39 is 5.41 Å². The number of amides is 1. The number of methoxy groups -OCH3 is 1. The second-order valence-corrected chi connectivity index (χ2v) is 6.64. The van der Waals surface area contributed by atoms with Gasteiger partial charge in [0, 0.05) is 24.2 Å². The second kappa shape index (κ2) is 6.44. The molecule has 0 spiro atoms. The van der Waals surface area contributed by atoms with Crippen LogP contribution in [0.25, 0.3) is 0 Å². The standard InChI is InChI=1S/C19H19ClFNO2/c1-22(12-13-11-15(20)5-8-17(13)24-2)18(23)19(9-10-19)14-3-6-16(21)7-4-14/h3-8,11H,9-10,12H2,1-2H3. The van der Waals surface area contributed by atoms with E-state index in [1.807, 2.05) is 6.07 Å². The Kier molecular flexibility index (Phi) is 4.50. The molecular formula is C19H19ClFNO2. The lowest BCUT2D eigenvalue weighted by Gasteiger charge is -2.25. The average Bonchev–Trinajstić information content (AvgIpc) is 3.37. The number of carbonyl (C=O) groups excluding carboxylic acids is 1. The van der Waals surface area contributed by atoms with Crippen molar-refractivity contribution in [3.05, 3.63) is 64.4 Å². The van der Waals surface area contributed by atoms with Crippen molar-refractivity contribution in [2.45, 2.75) is 24.8 Å². The number of hydrogen-bond donors (Lipinski definition) is 0. The zero-order valence-electron chi connectivity index (χ0n) is 13.7. The number of benzene rings is 2. The number of hydrogen-bond acceptors (Lipinski definition) is 2. The summed E-state index contributed by atoms with van der Waals surface area (Å²) in [5.74, 6) is 0.445. The van der Waals surface area contributed by atoms with Gasteiger partial charge in [-0.1, -0.05) is 23.7 Å². The van der Waals surface area contributed by atoms with E-state index in [9.17, 15) is 9.18 Å². The van der Waals surface area contributed by atoms with Crippen molar-refractivity contribution in [3.63, 3.8) is 0 Å². The molecule has 1 saturated carbocycles. The molecule has 2 aromatic rings. The number of ether oxygens (including phenoxy) is 1. The van der Waals surface area contributed by atoms with Crippen molar-refractivity contribution >= 4 is 17.5 Å². The summed E-state index contributed by atoms with van der Waals surface area (Å²) in [6.07, 6.45) is 1.57. The highest BCUT2D eigenvalue weighted by Gasteiger charge is 2.52. The number of rotatable bonds is 5. The Bertz CT molecular complexity index is 756. The van der Waals surface area contributed by atoms with Crippen LogP contribution in [0.5, 0.6) is 5.75 Å². The van der Waals surface area contributed by atoms with Crippen molar-refractivity contribution in [2.75, 3.05) is 14.2 Å². The number of carbonyl (C=O) groups is 1. The summed E-state index contributed by atoms with van der Waals surface area (Å²) in [5.41, 5.74) is 1.21. The zero-order chi connectivity index (χ0) is 17.3. The van der Waals surface area contributed by atoms with E-state index in [0.717, 1.165) is 24.0 Å². The lowest BCUT2D eigenvalue weighted by atomic mass is 9.94. The van der Waals surface area contributed by atoms with Crippen molar-refractivity contribution in [1.29, 1.82) is 0 Å². The Labute approximate surface area is 146 Å². The van der Waals surface area contributed by atoms with E-state index in [2.05, 4.69) is 0 Å². The molecule has 1 amide bonds. The fraction of sp³-hybridized carbons (Fsp3) is 0.316. The van der Waals surface area contributed by atoms with Crippen molar-refractivity contribution < 1.29 is 13.9 Å². The van der Waals surface area contributed by atoms with Crippen molar-refractivity contribution in [3.8, 4) is 5.75 Å². The molecule has 0 N–H and O–H groups in total. The number of nitrogens with zero attached hydrogens (tertiary/aromatic N) is 1. The predicted octanol–water partition coefficient (Wildman–Crippen LogP) is 4.18. The molecule has 24 heavy (non-hydrogen) atoms. The topological polar surface area (TPSA) is 29.5 Å². The van der Waals surface area contributed by atoms with Gasteiger partial charge in [0.25, 0.3) is 0 Å². The molecule has 3 nitrogen and oxygen atoms in total. The van der Waals surface area contributed by atoms with Gasteiger partial charge in [-0.25, -0.2) is 4.39 Å². The summed E-state index contributed by atoms with van der Waals surface area (Å²) in [7, 11) is 3.36. The van der Waals surface area contributed by atoms with Gasteiger partial charge >= 0.3 is 0 Å². The predicted molar refractivity (Wildman–Crippen MR) is 91.8 cm³/mol. The summed E-state index contributed by atoms with van der Waals surface area (Å²) < 4.78 is 18.5. The summed E-state index contributed by atoms with van der Waals surface area (Å²) in [5, 5.41) is 0.603. The first kappa shape index (κ1) is 16.8. The third-order valence-corrected chi connectivity index (χ3v) is 4.79. The van der Waals surface area contributed by atoms with Crippen LogP contribution in [0.15, 0.2) is 42.5 Å². The second-order valence-electron chi connectivity index (χ2n) is 6.21. The third-order valence-electron chi connectivity index (χ3n) is 4.55. The van der Waals surface area contributed by atoms with Gasteiger partial charge in [-0.05, 0) is 48.7 Å². The van der Waals surface area contributed by atoms with Crippen LogP contribution in [0.2, 0.25) is 5.02 Å². The molecule has 0 aliphatic heterocycles. The van der Waals surface area contributed by atoms with Gasteiger partial charge in [0.2, 0.25) is 5.91 Å². The summed E-state index contributed by atoms with van der Waals surface area (Å²) in [6, 6.07) is 11.6. The molecule has 3 rings (SSSR count). The normalized spacial score (nSPS) is 15.0. The van der Waals surface area contributed by atoms with E-state index >= 15 is 0 Å². The lowest BCUT2D eigenvalue weighted by Crippen LogP contribution is -2.36. The number of likely N-dealkylation sites (N-methyl/N-ethyl adjacent to an activating group) is 1.